The van der Waals surface area contributed by atoms with E-state index in [1.165, 1.54) is 0 Å². The molecule has 2 aromatic heterocycles. The molecular formula is C43H40ClN7O2. The quantitative estimate of drug-likeness (QED) is 0.125. The Kier molecular flexibility index (Phi) is 10.5. The first kappa shape index (κ1) is 35.4. The first-order chi connectivity index (χ1) is 25.6. The number of aromatic nitrogens is 4. The van der Waals surface area contributed by atoms with Crippen molar-refractivity contribution in [1.29, 1.82) is 0 Å². The maximum absolute atomic E-state index is 13.5. The van der Waals surface area contributed by atoms with Gasteiger partial charge in [-0.3, -0.25) is 9.59 Å². The molecule has 8 aromatic rings. The summed E-state index contributed by atoms with van der Waals surface area (Å²) in [6.07, 6.45) is 1.57. The molecule has 0 bridgehead atoms. The minimum absolute atomic E-state index is 0. The van der Waals surface area contributed by atoms with Crippen molar-refractivity contribution in [3.8, 4) is 11.4 Å². The molecule has 53 heavy (non-hydrogen) atoms. The molecule has 9 nitrogen and oxygen atoms in total. The highest BCUT2D eigenvalue weighted by molar-refractivity contribution is 6.15. The monoisotopic (exact) mass is 721 g/mol. The van der Waals surface area contributed by atoms with E-state index in [4.69, 9.17) is 10.2 Å². The molecule has 8 rings (SSSR count). The minimum atomic E-state index is -0.185. The van der Waals surface area contributed by atoms with Crippen molar-refractivity contribution in [2.45, 2.75) is 12.8 Å². The van der Waals surface area contributed by atoms with Crippen molar-refractivity contribution in [2.75, 3.05) is 33.2 Å². The van der Waals surface area contributed by atoms with Crippen LogP contribution in [0.5, 0.6) is 0 Å². The average molecular weight is 722 g/mol. The summed E-state index contributed by atoms with van der Waals surface area (Å²) in [5, 5.41) is 21.8. The number of carbonyl (C=O) groups is 2. The van der Waals surface area contributed by atoms with E-state index in [-0.39, 0.29) is 24.2 Å². The molecule has 2 N–H and O–H groups in total. The van der Waals surface area contributed by atoms with Gasteiger partial charge in [0.05, 0.1) is 22.4 Å². The van der Waals surface area contributed by atoms with Crippen LogP contribution in [0.2, 0.25) is 0 Å². The summed E-state index contributed by atoms with van der Waals surface area (Å²) in [4.78, 5) is 29.1. The molecule has 0 saturated heterocycles. The van der Waals surface area contributed by atoms with E-state index in [1.807, 2.05) is 119 Å². The van der Waals surface area contributed by atoms with Crippen molar-refractivity contribution in [1.82, 2.24) is 35.1 Å². The largest absolute Gasteiger partial charge is 0.351 e. The fourth-order valence-corrected chi connectivity index (χ4v) is 6.99. The molecule has 0 fully saturated rings. The Morgan fingerprint density at radius 2 is 0.925 bits per heavy atom. The predicted molar refractivity (Wildman–Crippen MR) is 216 cm³/mol. The van der Waals surface area contributed by atoms with E-state index in [1.54, 1.807) is 0 Å². The normalized spacial score (nSPS) is 11.4. The van der Waals surface area contributed by atoms with Crippen LogP contribution in [0.15, 0.2) is 133 Å². The highest BCUT2D eigenvalue weighted by atomic mass is 35.5. The number of amides is 2. The average Bonchev–Trinajstić information content (AvgIpc) is 3.79. The molecule has 0 radical (unpaired) electrons. The van der Waals surface area contributed by atoms with E-state index in [2.05, 4.69) is 46.8 Å². The zero-order chi connectivity index (χ0) is 35.4. The first-order valence-corrected chi connectivity index (χ1v) is 17.7. The van der Waals surface area contributed by atoms with Gasteiger partial charge < -0.3 is 15.5 Å². The fraction of sp³-hybridized carbons (Fsp3) is 0.163. The minimum Gasteiger partial charge on any atom is -0.351 e. The SMILES string of the molecule is CN(CCCNC(=O)c1nn(-c2ccccc2)c2c1ccc1ccccc12)CCCNC(=O)c1nn(-c2ccccc2)c2c1ccc1ccccc12.Cl. The molecule has 2 amide bonds. The van der Waals surface area contributed by atoms with Gasteiger partial charge in [-0.1, -0.05) is 97.1 Å². The number of hydrogen-bond acceptors (Lipinski definition) is 5. The van der Waals surface area contributed by atoms with Crippen molar-refractivity contribution < 1.29 is 9.59 Å². The van der Waals surface area contributed by atoms with Crippen LogP contribution in [0.1, 0.15) is 33.8 Å². The number of nitrogens with one attached hydrogen (secondary N) is 2. The third-order valence-electron chi connectivity index (χ3n) is 9.57. The van der Waals surface area contributed by atoms with Crippen LogP contribution in [0, 0.1) is 0 Å². The topological polar surface area (TPSA) is 97.1 Å². The molecule has 0 aliphatic carbocycles. The molecule has 0 aliphatic rings. The van der Waals surface area contributed by atoms with Gasteiger partial charge in [-0.05, 0) is 80.1 Å². The van der Waals surface area contributed by atoms with Crippen molar-refractivity contribution in [2.24, 2.45) is 0 Å². The number of halogens is 1. The Morgan fingerprint density at radius 1 is 0.528 bits per heavy atom. The Morgan fingerprint density at radius 3 is 1.36 bits per heavy atom. The lowest BCUT2D eigenvalue weighted by Crippen LogP contribution is -2.31. The summed E-state index contributed by atoms with van der Waals surface area (Å²) in [5.74, 6) is -0.369. The lowest BCUT2D eigenvalue weighted by molar-refractivity contribution is 0.0942. The van der Waals surface area contributed by atoms with E-state index >= 15 is 0 Å². The Hall–Kier alpha value is -6.03. The van der Waals surface area contributed by atoms with Crippen LogP contribution in [-0.4, -0.2) is 69.5 Å². The van der Waals surface area contributed by atoms with E-state index in [9.17, 15) is 9.59 Å². The summed E-state index contributed by atoms with van der Waals surface area (Å²) < 4.78 is 3.75. The highest BCUT2D eigenvalue weighted by Crippen LogP contribution is 2.31. The zero-order valence-corrected chi connectivity index (χ0v) is 30.2. The van der Waals surface area contributed by atoms with E-state index in [0.29, 0.717) is 24.5 Å². The van der Waals surface area contributed by atoms with Crippen molar-refractivity contribution in [3.63, 3.8) is 0 Å². The summed E-state index contributed by atoms with van der Waals surface area (Å²) in [6, 6.07) is 44.3. The molecule has 10 heteroatoms. The zero-order valence-electron chi connectivity index (χ0n) is 29.4. The molecule has 2 heterocycles. The van der Waals surface area contributed by atoms with Crippen LogP contribution < -0.4 is 10.6 Å². The number of benzene rings is 6. The molecule has 0 saturated carbocycles. The Labute approximate surface area is 313 Å². The molecule has 0 aliphatic heterocycles. The smallest absolute Gasteiger partial charge is 0.272 e. The number of nitrogens with zero attached hydrogens (tertiary/aromatic N) is 5. The molecule has 0 spiro atoms. The van der Waals surface area contributed by atoms with Gasteiger partial charge in [-0.25, -0.2) is 9.36 Å². The highest BCUT2D eigenvalue weighted by Gasteiger charge is 2.21. The van der Waals surface area contributed by atoms with Gasteiger partial charge in [0, 0.05) is 34.6 Å². The second kappa shape index (κ2) is 15.7. The van der Waals surface area contributed by atoms with Crippen LogP contribution in [0.25, 0.3) is 54.7 Å². The molecular weight excluding hydrogens is 682 g/mol. The number of rotatable bonds is 12. The first-order valence-electron chi connectivity index (χ1n) is 17.7. The van der Waals surface area contributed by atoms with Crippen LogP contribution in [0.3, 0.4) is 0 Å². The molecule has 0 unspecified atom stereocenters. The second-order valence-corrected chi connectivity index (χ2v) is 13.1. The number of fused-ring (bicyclic) bond motifs is 6. The summed E-state index contributed by atoms with van der Waals surface area (Å²) in [6.45, 7) is 2.66. The van der Waals surface area contributed by atoms with Crippen LogP contribution in [-0.2, 0) is 0 Å². The third-order valence-corrected chi connectivity index (χ3v) is 9.57. The van der Waals surface area contributed by atoms with E-state index < -0.39 is 0 Å². The van der Waals surface area contributed by atoms with Gasteiger partial charge in [0.2, 0.25) is 0 Å². The maximum Gasteiger partial charge on any atom is 0.272 e. The predicted octanol–water partition coefficient (Wildman–Crippen LogP) is 7.96. The Bertz CT molecular complexity index is 2370. The number of para-hydroxylation sites is 2. The maximum atomic E-state index is 13.5. The van der Waals surface area contributed by atoms with Gasteiger partial charge in [0.15, 0.2) is 11.4 Å². The van der Waals surface area contributed by atoms with Crippen molar-refractivity contribution in [3.05, 3.63) is 145 Å². The lowest BCUT2D eigenvalue weighted by atomic mass is 10.1. The molecule has 266 valence electrons. The third kappa shape index (κ3) is 7.09. The van der Waals surface area contributed by atoms with Gasteiger partial charge in [0.1, 0.15) is 0 Å². The van der Waals surface area contributed by atoms with E-state index in [0.717, 1.165) is 80.7 Å². The van der Waals surface area contributed by atoms with Crippen molar-refractivity contribution >= 4 is 67.6 Å². The van der Waals surface area contributed by atoms with Gasteiger partial charge >= 0.3 is 0 Å². The fourth-order valence-electron chi connectivity index (χ4n) is 6.99. The van der Waals surface area contributed by atoms with Gasteiger partial charge in [-0.15, -0.1) is 12.4 Å². The van der Waals surface area contributed by atoms with Gasteiger partial charge in [0.25, 0.3) is 11.8 Å². The number of hydrogen-bond donors (Lipinski definition) is 2. The molecule has 0 atom stereocenters. The Balaban J connectivity index is 0.00000435. The summed E-state index contributed by atoms with van der Waals surface area (Å²) in [7, 11) is 2.06. The van der Waals surface area contributed by atoms with Crippen LogP contribution in [0.4, 0.5) is 0 Å². The molecule has 6 aromatic carbocycles. The summed E-state index contributed by atoms with van der Waals surface area (Å²) >= 11 is 0. The van der Waals surface area contributed by atoms with Crippen LogP contribution >= 0.6 is 12.4 Å². The summed E-state index contributed by atoms with van der Waals surface area (Å²) in [5.41, 5.74) is 4.50. The standard InChI is InChI=1S/C43H39N7O2.ClH/c1-48(28-12-26-44-42(51)38-36-24-22-30-14-8-10-20-34(30)40(36)49(46-38)32-16-4-2-5-17-32)29-13-27-45-43(52)39-37-25-23-31-15-9-11-21-35(31)41(37)50(47-39)33-18-6-3-7-19-33;/h2-11,14-25H,12-13,26-29H2,1H3,(H,44,51)(H,45,52);1H. The lowest BCUT2D eigenvalue weighted by Gasteiger charge is -2.16. The second-order valence-electron chi connectivity index (χ2n) is 13.1. The number of carbonyl (C=O) groups excluding carboxylic acids is 2. The van der Waals surface area contributed by atoms with Gasteiger partial charge in [-0.2, -0.15) is 10.2 Å².